The van der Waals surface area contributed by atoms with Gasteiger partial charge in [-0.3, -0.25) is 9.59 Å². The molecule has 2 nitrogen and oxygen atoms in total. The van der Waals surface area contributed by atoms with Gasteiger partial charge < -0.3 is 0 Å². The van der Waals surface area contributed by atoms with Crippen molar-refractivity contribution in [3.05, 3.63) is 58.4 Å². The maximum absolute atomic E-state index is 14.3. The quantitative estimate of drug-likeness (QED) is 0.643. The number of halogens is 2. The number of rotatable bonds is 3. The van der Waals surface area contributed by atoms with Gasteiger partial charge in [0.05, 0.1) is 0 Å². The van der Waals surface area contributed by atoms with Gasteiger partial charge >= 0.3 is 0 Å². The molecule has 1 fully saturated rings. The Balaban J connectivity index is 2.09. The van der Waals surface area contributed by atoms with Gasteiger partial charge in [-0.1, -0.05) is 44.5 Å². The highest BCUT2D eigenvalue weighted by molar-refractivity contribution is 6.30. The summed E-state index contributed by atoms with van der Waals surface area (Å²) in [6.07, 6.45) is 1.47. The highest BCUT2D eigenvalue weighted by atomic mass is 35.5. The Morgan fingerprint density at radius 2 is 1.73 bits per heavy atom. The summed E-state index contributed by atoms with van der Waals surface area (Å²) in [6.45, 7) is 5.88. The van der Waals surface area contributed by atoms with E-state index in [0.29, 0.717) is 41.0 Å². The third kappa shape index (κ3) is 3.59. The average Bonchev–Trinajstić information content (AvgIpc) is 2.53. The molecule has 0 aliphatic heterocycles. The van der Waals surface area contributed by atoms with Gasteiger partial charge in [0.1, 0.15) is 23.3 Å². The van der Waals surface area contributed by atoms with Gasteiger partial charge in [0.2, 0.25) is 0 Å². The molecule has 0 atom stereocenters. The van der Waals surface area contributed by atoms with Crippen LogP contribution in [0.15, 0.2) is 36.4 Å². The number of hydrogen-bond donors (Lipinski definition) is 0. The number of Topliss-reactive ketones (excluding diaryl/α,β-unsaturated/α-hetero) is 2. The molecule has 0 bridgehead atoms. The first-order valence-electron chi connectivity index (χ1n) is 8.85. The Morgan fingerprint density at radius 1 is 1.08 bits per heavy atom. The van der Waals surface area contributed by atoms with Crippen LogP contribution in [0.5, 0.6) is 0 Å². The number of hydrogen-bond acceptors (Lipinski definition) is 2. The van der Waals surface area contributed by atoms with Crippen molar-refractivity contribution in [2.45, 2.75) is 46.0 Å². The molecular weight excluding hydrogens is 351 g/mol. The van der Waals surface area contributed by atoms with Crippen molar-refractivity contribution >= 4 is 23.2 Å². The average molecular weight is 373 g/mol. The molecule has 1 aliphatic carbocycles. The van der Waals surface area contributed by atoms with Crippen molar-refractivity contribution < 1.29 is 14.0 Å². The maximum atomic E-state index is 14.3. The van der Waals surface area contributed by atoms with Gasteiger partial charge in [-0.15, -0.1) is 0 Å². The van der Waals surface area contributed by atoms with Gasteiger partial charge in [0.25, 0.3) is 0 Å². The Bertz CT molecular complexity index is 866. The molecule has 4 heteroatoms. The normalized spacial score (nSPS) is 17.6. The fourth-order valence-electron chi connectivity index (χ4n) is 3.81. The second-order valence-corrected chi connectivity index (χ2v) is 8.21. The van der Waals surface area contributed by atoms with Gasteiger partial charge in [-0.25, -0.2) is 4.39 Å². The van der Waals surface area contributed by atoms with E-state index in [1.54, 1.807) is 18.2 Å². The molecule has 0 amide bonds. The fraction of sp³-hybridized carbons (Fsp3) is 0.364. The lowest BCUT2D eigenvalue weighted by Gasteiger charge is -2.33. The van der Waals surface area contributed by atoms with Crippen LogP contribution in [0.25, 0.3) is 11.1 Å². The summed E-state index contributed by atoms with van der Waals surface area (Å²) in [4.78, 5) is 25.5. The van der Waals surface area contributed by atoms with Crippen LogP contribution in [0.2, 0.25) is 5.02 Å². The van der Waals surface area contributed by atoms with E-state index in [1.165, 1.54) is 6.07 Å². The van der Waals surface area contributed by atoms with E-state index in [-0.39, 0.29) is 17.0 Å². The summed E-state index contributed by atoms with van der Waals surface area (Å²) in [6, 6.07) is 10.0. The Labute approximate surface area is 158 Å². The molecule has 0 saturated heterocycles. The van der Waals surface area contributed by atoms with E-state index >= 15 is 0 Å². The second-order valence-electron chi connectivity index (χ2n) is 7.77. The number of ketones is 2. The molecule has 0 heterocycles. The van der Waals surface area contributed by atoms with Crippen molar-refractivity contribution in [1.29, 1.82) is 0 Å². The Hall–Kier alpha value is -2.00. The molecule has 1 aliphatic rings. The van der Waals surface area contributed by atoms with Crippen molar-refractivity contribution in [1.82, 2.24) is 0 Å². The zero-order valence-electron chi connectivity index (χ0n) is 15.2. The predicted octanol–water partition coefficient (Wildman–Crippen LogP) is 5.75. The molecule has 2 aromatic rings. The van der Waals surface area contributed by atoms with Crippen LogP contribution in [0.4, 0.5) is 4.39 Å². The van der Waals surface area contributed by atoms with Crippen molar-refractivity contribution in [3.63, 3.8) is 0 Å². The monoisotopic (exact) mass is 372 g/mol. The van der Waals surface area contributed by atoms with E-state index in [2.05, 4.69) is 0 Å². The summed E-state index contributed by atoms with van der Waals surface area (Å²) < 4.78 is 14.3. The molecule has 0 N–H and O–H groups in total. The minimum Gasteiger partial charge on any atom is -0.299 e. The summed E-state index contributed by atoms with van der Waals surface area (Å²) in [5.41, 5.74) is 2.43. The number of carbonyl (C=O) groups is 2. The first kappa shape index (κ1) is 18.8. The summed E-state index contributed by atoms with van der Waals surface area (Å²) >= 11 is 5.84. The van der Waals surface area contributed by atoms with Crippen LogP contribution in [0.3, 0.4) is 0 Å². The third-order valence-corrected chi connectivity index (χ3v) is 5.26. The molecule has 0 radical (unpaired) electrons. The largest absolute Gasteiger partial charge is 0.299 e. The zero-order valence-corrected chi connectivity index (χ0v) is 16.0. The molecule has 0 aromatic heterocycles. The number of benzene rings is 2. The van der Waals surface area contributed by atoms with Gasteiger partial charge in [0.15, 0.2) is 0 Å². The third-order valence-electron chi connectivity index (χ3n) is 5.03. The topological polar surface area (TPSA) is 34.1 Å². The van der Waals surface area contributed by atoms with Crippen LogP contribution in [-0.2, 0) is 16.0 Å². The maximum Gasteiger partial charge on any atom is 0.148 e. The van der Waals surface area contributed by atoms with E-state index in [1.807, 2.05) is 32.9 Å². The van der Waals surface area contributed by atoms with Gasteiger partial charge in [0, 0.05) is 23.4 Å². The predicted molar refractivity (Wildman–Crippen MR) is 102 cm³/mol. The lowest BCUT2D eigenvalue weighted by Crippen LogP contribution is -2.36. The Morgan fingerprint density at radius 3 is 2.31 bits per heavy atom. The number of carbonyl (C=O) groups excluding carboxylic acids is 2. The molecular formula is C22H22ClFO2. The molecule has 3 rings (SSSR count). The van der Waals surface area contributed by atoms with Crippen LogP contribution < -0.4 is 0 Å². The first-order valence-corrected chi connectivity index (χ1v) is 9.23. The lowest BCUT2D eigenvalue weighted by atomic mass is 9.69. The summed E-state index contributed by atoms with van der Waals surface area (Å²) in [7, 11) is 0. The van der Waals surface area contributed by atoms with Crippen molar-refractivity contribution in [3.8, 4) is 11.1 Å². The molecule has 1 saturated carbocycles. The standard InChI is InChI=1S/C22H22ClFO2/c1-4-13-5-6-14(16-8-7-15(23)10-18(16)24)9-17(13)21-19(25)11-22(2,3)12-20(21)26/h5-10,21H,4,11-12H2,1-3H3. The summed E-state index contributed by atoms with van der Waals surface area (Å²) in [5, 5.41) is 0.330. The zero-order chi connectivity index (χ0) is 19.1. The smallest absolute Gasteiger partial charge is 0.148 e. The molecule has 0 unspecified atom stereocenters. The molecule has 0 spiro atoms. The van der Waals surface area contributed by atoms with Crippen molar-refractivity contribution in [2.24, 2.45) is 5.41 Å². The summed E-state index contributed by atoms with van der Waals surface area (Å²) in [5.74, 6) is -1.26. The second kappa shape index (κ2) is 6.96. The van der Waals surface area contributed by atoms with E-state index in [4.69, 9.17) is 11.6 Å². The van der Waals surface area contributed by atoms with E-state index < -0.39 is 11.7 Å². The van der Waals surface area contributed by atoms with E-state index in [0.717, 1.165) is 5.56 Å². The SMILES string of the molecule is CCc1ccc(-c2ccc(Cl)cc2F)cc1C1C(=O)CC(C)(C)CC1=O. The van der Waals surface area contributed by atoms with Crippen molar-refractivity contribution in [2.75, 3.05) is 0 Å². The van der Waals surface area contributed by atoms with Crippen LogP contribution in [0, 0.1) is 11.2 Å². The van der Waals surface area contributed by atoms with Gasteiger partial charge in [-0.05, 0) is 52.8 Å². The van der Waals surface area contributed by atoms with Crippen LogP contribution in [-0.4, -0.2) is 11.6 Å². The van der Waals surface area contributed by atoms with Gasteiger partial charge in [-0.2, -0.15) is 0 Å². The van der Waals surface area contributed by atoms with Crippen LogP contribution >= 0.6 is 11.6 Å². The fourth-order valence-corrected chi connectivity index (χ4v) is 3.97. The minimum absolute atomic E-state index is 0.0466. The lowest BCUT2D eigenvalue weighted by molar-refractivity contribution is -0.135. The first-order chi connectivity index (χ1) is 12.2. The number of aryl methyl sites for hydroxylation is 1. The minimum atomic E-state index is -0.742. The highest BCUT2D eigenvalue weighted by Crippen LogP contribution is 2.40. The molecule has 136 valence electrons. The van der Waals surface area contributed by atoms with Crippen LogP contribution in [0.1, 0.15) is 50.7 Å². The molecule has 26 heavy (non-hydrogen) atoms. The Kier molecular flexibility index (Phi) is 5.03. The molecule has 2 aromatic carbocycles. The highest BCUT2D eigenvalue weighted by Gasteiger charge is 2.41. The van der Waals surface area contributed by atoms with E-state index in [9.17, 15) is 14.0 Å².